The summed E-state index contributed by atoms with van der Waals surface area (Å²) in [5, 5.41) is 15.0. The molecule has 3 aromatic rings. The fourth-order valence-corrected chi connectivity index (χ4v) is 3.52. The SMILES string of the molecule is O=C(NCCc1nc(-c2ccccc2)no1)c1cn(C2CCCCCC2)nn1. The van der Waals surface area contributed by atoms with Gasteiger partial charge < -0.3 is 9.84 Å². The fraction of sp³-hybridized carbons (Fsp3) is 0.450. The lowest BCUT2D eigenvalue weighted by Crippen LogP contribution is -2.26. The number of aromatic nitrogens is 5. The third kappa shape index (κ3) is 4.44. The molecule has 1 fully saturated rings. The van der Waals surface area contributed by atoms with Crippen LogP contribution >= 0.6 is 0 Å². The topological polar surface area (TPSA) is 98.7 Å². The van der Waals surface area contributed by atoms with E-state index in [0.717, 1.165) is 18.4 Å². The van der Waals surface area contributed by atoms with Crippen LogP contribution in [0.4, 0.5) is 0 Å². The van der Waals surface area contributed by atoms with Gasteiger partial charge in [-0.05, 0) is 12.8 Å². The molecule has 0 spiro atoms. The second-order valence-corrected chi connectivity index (χ2v) is 7.11. The van der Waals surface area contributed by atoms with E-state index in [0.29, 0.717) is 36.4 Å². The van der Waals surface area contributed by atoms with E-state index in [1.807, 2.05) is 35.0 Å². The molecule has 1 saturated carbocycles. The first-order valence-corrected chi connectivity index (χ1v) is 9.87. The predicted molar refractivity (Wildman–Crippen MR) is 103 cm³/mol. The number of hydrogen-bond donors (Lipinski definition) is 1. The summed E-state index contributed by atoms with van der Waals surface area (Å²) in [5.74, 6) is 0.803. The Balaban J connectivity index is 1.28. The van der Waals surface area contributed by atoms with Gasteiger partial charge in [-0.25, -0.2) is 4.68 Å². The average molecular weight is 380 g/mol. The molecule has 1 N–H and O–H groups in total. The molecular formula is C20H24N6O2. The van der Waals surface area contributed by atoms with Crippen LogP contribution in [0.3, 0.4) is 0 Å². The Morgan fingerprint density at radius 2 is 1.93 bits per heavy atom. The highest BCUT2D eigenvalue weighted by Gasteiger charge is 2.18. The van der Waals surface area contributed by atoms with Crippen LogP contribution in [0.2, 0.25) is 0 Å². The Morgan fingerprint density at radius 3 is 2.71 bits per heavy atom. The maximum atomic E-state index is 12.3. The van der Waals surface area contributed by atoms with E-state index >= 15 is 0 Å². The standard InChI is InChI=1S/C20H24N6O2/c27-20(17-14-26(25-23-17)16-10-6-1-2-7-11-16)21-13-12-18-22-19(24-28-18)15-8-4-3-5-9-15/h3-5,8-9,14,16H,1-2,6-7,10-13H2,(H,21,27). The number of amides is 1. The molecule has 8 heteroatoms. The summed E-state index contributed by atoms with van der Waals surface area (Å²) in [5.41, 5.74) is 1.25. The van der Waals surface area contributed by atoms with Gasteiger partial charge in [0.05, 0.1) is 12.2 Å². The molecule has 0 unspecified atom stereocenters. The first-order chi connectivity index (χ1) is 13.8. The van der Waals surface area contributed by atoms with Gasteiger partial charge in [-0.2, -0.15) is 4.98 Å². The summed E-state index contributed by atoms with van der Waals surface area (Å²) < 4.78 is 7.11. The minimum absolute atomic E-state index is 0.234. The quantitative estimate of drug-likeness (QED) is 0.659. The average Bonchev–Trinajstić information content (AvgIpc) is 3.33. The van der Waals surface area contributed by atoms with Crippen molar-refractivity contribution in [2.24, 2.45) is 0 Å². The number of carbonyl (C=O) groups is 1. The number of carbonyl (C=O) groups excluding carboxylic acids is 1. The van der Waals surface area contributed by atoms with E-state index in [-0.39, 0.29) is 5.91 Å². The molecule has 0 radical (unpaired) electrons. The van der Waals surface area contributed by atoms with E-state index in [1.54, 1.807) is 6.20 Å². The Hall–Kier alpha value is -3.03. The van der Waals surface area contributed by atoms with Crippen LogP contribution in [0, 0.1) is 0 Å². The highest BCUT2D eigenvalue weighted by molar-refractivity contribution is 5.91. The second kappa shape index (κ2) is 8.77. The summed E-state index contributed by atoms with van der Waals surface area (Å²) in [4.78, 5) is 16.7. The van der Waals surface area contributed by atoms with Crippen molar-refractivity contribution in [1.82, 2.24) is 30.5 Å². The monoisotopic (exact) mass is 380 g/mol. The van der Waals surface area contributed by atoms with E-state index < -0.39 is 0 Å². The van der Waals surface area contributed by atoms with Crippen molar-refractivity contribution >= 4 is 5.91 Å². The van der Waals surface area contributed by atoms with Crippen LogP contribution in [0.1, 0.15) is 60.9 Å². The molecule has 4 rings (SSSR count). The normalized spacial score (nSPS) is 15.3. The smallest absolute Gasteiger partial charge is 0.273 e. The van der Waals surface area contributed by atoms with Crippen molar-refractivity contribution in [3.63, 3.8) is 0 Å². The molecule has 0 saturated heterocycles. The van der Waals surface area contributed by atoms with Crippen molar-refractivity contribution in [3.8, 4) is 11.4 Å². The van der Waals surface area contributed by atoms with Crippen molar-refractivity contribution in [2.45, 2.75) is 51.0 Å². The zero-order valence-electron chi connectivity index (χ0n) is 15.8. The Kier molecular flexibility index (Phi) is 5.75. The van der Waals surface area contributed by atoms with Crippen molar-refractivity contribution in [3.05, 3.63) is 48.1 Å². The Morgan fingerprint density at radius 1 is 1.14 bits per heavy atom. The minimum Gasteiger partial charge on any atom is -0.350 e. The van der Waals surface area contributed by atoms with Crippen molar-refractivity contribution < 1.29 is 9.32 Å². The first kappa shape index (κ1) is 18.3. The molecule has 1 aliphatic rings. The molecule has 28 heavy (non-hydrogen) atoms. The number of rotatable bonds is 6. The molecule has 1 amide bonds. The van der Waals surface area contributed by atoms with E-state index in [9.17, 15) is 4.79 Å². The van der Waals surface area contributed by atoms with Crippen LogP contribution in [0.15, 0.2) is 41.1 Å². The Labute approximate surface area is 163 Å². The molecule has 0 aliphatic heterocycles. The number of hydrogen-bond acceptors (Lipinski definition) is 6. The maximum Gasteiger partial charge on any atom is 0.273 e. The first-order valence-electron chi connectivity index (χ1n) is 9.87. The van der Waals surface area contributed by atoms with Gasteiger partial charge in [0.25, 0.3) is 5.91 Å². The molecule has 146 valence electrons. The van der Waals surface area contributed by atoms with E-state index in [1.165, 1.54) is 25.7 Å². The Bertz CT molecular complexity index is 896. The lowest BCUT2D eigenvalue weighted by Gasteiger charge is -2.12. The summed E-state index contributed by atoms with van der Waals surface area (Å²) in [7, 11) is 0. The van der Waals surface area contributed by atoms with Crippen LogP contribution in [-0.2, 0) is 6.42 Å². The third-order valence-electron chi connectivity index (χ3n) is 5.07. The van der Waals surface area contributed by atoms with Gasteiger partial charge in [0.2, 0.25) is 11.7 Å². The largest absolute Gasteiger partial charge is 0.350 e. The van der Waals surface area contributed by atoms with Gasteiger partial charge in [-0.1, -0.05) is 66.4 Å². The highest BCUT2D eigenvalue weighted by atomic mass is 16.5. The zero-order chi connectivity index (χ0) is 19.2. The van der Waals surface area contributed by atoms with Crippen molar-refractivity contribution in [2.75, 3.05) is 6.54 Å². The fourth-order valence-electron chi connectivity index (χ4n) is 3.52. The second-order valence-electron chi connectivity index (χ2n) is 7.11. The van der Waals surface area contributed by atoms with Gasteiger partial charge in [-0.3, -0.25) is 4.79 Å². The summed E-state index contributed by atoms with van der Waals surface area (Å²) in [6, 6.07) is 9.99. The van der Waals surface area contributed by atoms with Gasteiger partial charge in [0, 0.05) is 18.5 Å². The lowest BCUT2D eigenvalue weighted by molar-refractivity contribution is 0.0948. The lowest BCUT2D eigenvalue weighted by atomic mass is 10.1. The summed E-state index contributed by atoms with van der Waals surface area (Å²) >= 11 is 0. The number of nitrogens with zero attached hydrogens (tertiary/aromatic N) is 5. The number of nitrogens with one attached hydrogen (secondary N) is 1. The molecule has 1 aromatic carbocycles. The van der Waals surface area contributed by atoms with Crippen LogP contribution in [0.25, 0.3) is 11.4 Å². The molecular weight excluding hydrogens is 356 g/mol. The third-order valence-corrected chi connectivity index (χ3v) is 5.07. The van der Waals surface area contributed by atoms with Crippen LogP contribution in [-0.4, -0.2) is 37.6 Å². The van der Waals surface area contributed by atoms with Gasteiger partial charge in [-0.15, -0.1) is 5.10 Å². The molecule has 2 heterocycles. The van der Waals surface area contributed by atoms with Crippen LogP contribution in [0.5, 0.6) is 0 Å². The van der Waals surface area contributed by atoms with Gasteiger partial charge >= 0.3 is 0 Å². The molecule has 0 atom stereocenters. The summed E-state index contributed by atoms with van der Waals surface area (Å²) in [6.07, 6.45) is 9.40. The molecule has 0 bridgehead atoms. The van der Waals surface area contributed by atoms with E-state index in [2.05, 4.69) is 25.8 Å². The highest BCUT2D eigenvalue weighted by Crippen LogP contribution is 2.26. The van der Waals surface area contributed by atoms with Crippen LogP contribution < -0.4 is 5.32 Å². The molecule has 2 aromatic heterocycles. The maximum absolute atomic E-state index is 12.3. The minimum atomic E-state index is -0.234. The molecule has 8 nitrogen and oxygen atoms in total. The zero-order valence-corrected chi connectivity index (χ0v) is 15.8. The van der Waals surface area contributed by atoms with E-state index in [4.69, 9.17) is 4.52 Å². The predicted octanol–water partition coefficient (Wildman–Crippen LogP) is 3.20. The van der Waals surface area contributed by atoms with Crippen molar-refractivity contribution in [1.29, 1.82) is 0 Å². The summed E-state index contributed by atoms with van der Waals surface area (Å²) in [6.45, 7) is 0.394. The molecule has 1 aliphatic carbocycles. The van der Waals surface area contributed by atoms with Gasteiger partial charge in [0.15, 0.2) is 5.69 Å². The van der Waals surface area contributed by atoms with Gasteiger partial charge in [0.1, 0.15) is 0 Å². The number of benzene rings is 1.